The fourth-order valence-electron chi connectivity index (χ4n) is 6.31. The second kappa shape index (κ2) is 9.65. The number of pyridine rings is 1. The lowest BCUT2D eigenvalue weighted by molar-refractivity contribution is 0.0386. The summed E-state index contributed by atoms with van der Waals surface area (Å²) in [4.78, 5) is 25.3. The van der Waals surface area contributed by atoms with Gasteiger partial charge in [0.2, 0.25) is 0 Å². The Labute approximate surface area is 216 Å². The van der Waals surface area contributed by atoms with Gasteiger partial charge in [0.05, 0.1) is 25.3 Å². The topological polar surface area (TPSA) is 81.7 Å². The highest BCUT2D eigenvalue weighted by molar-refractivity contribution is 5.94. The first kappa shape index (κ1) is 23.7. The molecule has 1 amide bonds. The molecule has 2 aromatic carbocycles. The summed E-state index contributed by atoms with van der Waals surface area (Å²) >= 11 is 0. The first-order chi connectivity index (χ1) is 18.1. The molecule has 1 atom stereocenters. The molecule has 7 heteroatoms. The molecular formula is C30H32N4O3. The highest BCUT2D eigenvalue weighted by Crippen LogP contribution is 2.49. The van der Waals surface area contributed by atoms with E-state index in [0.717, 1.165) is 42.9 Å². The zero-order chi connectivity index (χ0) is 25.4. The van der Waals surface area contributed by atoms with Crippen molar-refractivity contribution in [1.29, 1.82) is 0 Å². The molecule has 7 nitrogen and oxygen atoms in total. The normalized spacial score (nSPS) is 19.2. The lowest BCUT2D eigenvalue weighted by Gasteiger charge is -2.50. The number of benzene rings is 2. The number of aliphatic hydroxyl groups is 1. The molecule has 2 N–H and O–H groups in total. The molecule has 0 aliphatic carbocycles. The van der Waals surface area contributed by atoms with Gasteiger partial charge in [0.1, 0.15) is 5.75 Å². The van der Waals surface area contributed by atoms with Gasteiger partial charge in [-0.25, -0.2) is 0 Å². The van der Waals surface area contributed by atoms with E-state index < -0.39 is 0 Å². The Morgan fingerprint density at radius 1 is 1.14 bits per heavy atom. The summed E-state index contributed by atoms with van der Waals surface area (Å²) in [5, 5.41) is 11.8. The summed E-state index contributed by atoms with van der Waals surface area (Å²) < 4.78 is 5.50. The van der Waals surface area contributed by atoms with E-state index in [4.69, 9.17) is 4.74 Å². The fraction of sp³-hybridized carbons (Fsp3) is 0.333. The van der Waals surface area contributed by atoms with Gasteiger partial charge in [-0.3, -0.25) is 14.7 Å². The Bertz CT molecular complexity index is 1390. The molecule has 2 aliphatic heterocycles. The van der Waals surface area contributed by atoms with Crippen molar-refractivity contribution >= 4 is 16.8 Å². The summed E-state index contributed by atoms with van der Waals surface area (Å²) in [6, 6.07) is 20.1. The molecule has 4 heterocycles. The molecule has 2 aromatic heterocycles. The van der Waals surface area contributed by atoms with Crippen LogP contribution in [0.3, 0.4) is 0 Å². The molecule has 1 saturated heterocycles. The monoisotopic (exact) mass is 496 g/mol. The summed E-state index contributed by atoms with van der Waals surface area (Å²) in [6.45, 7) is 2.97. The minimum Gasteiger partial charge on any atom is -0.497 e. The van der Waals surface area contributed by atoms with E-state index in [0.29, 0.717) is 18.7 Å². The second-order valence-electron chi connectivity index (χ2n) is 10.2. The van der Waals surface area contributed by atoms with Gasteiger partial charge in [-0.05, 0) is 48.2 Å². The van der Waals surface area contributed by atoms with E-state index in [-0.39, 0.29) is 24.0 Å². The van der Waals surface area contributed by atoms with Gasteiger partial charge in [0, 0.05) is 66.7 Å². The van der Waals surface area contributed by atoms with Crippen molar-refractivity contribution < 1.29 is 14.6 Å². The number of rotatable bonds is 5. The molecule has 6 rings (SSSR count). The van der Waals surface area contributed by atoms with Crippen LogP contribution in [-0.2, 0) is 12.0 Å². The van der Waals surface area contributed by atoms with Crippen molar-refractivity contribution in [3.05, 3.63) is 95.4 Å². The number of likely N-dealkylation sites (tertiary alicyclic amines) is 1. The van der Waals surface area contributed by atoms with Gasteiger partial charge >= 0.3 is 0 Å². The van der Waals surface area contributed by atoms with E-state index in [2.05, 4.69) is 45.2 Å². The van der Waals surface area contributed by atoms with Crippen LogP contribution in [-0.4, -0.2) is 64.1 Å². The van der Waals surface area contributed by atoms with E-state index in [1.54, 1.807) is 19.5 Å². The molecule has 1 fully saturated rings. The van der Waals surface area contributed by atoms with Crippen molar-refractivity contribution in [1.82, 2.24) is 19.8 Å². The number of methoxy groups -OCH3 is 1. The van der Waals surface area contributed by atoms with E-state index in [1.165, 1.54) is 16.5 Å². The number of aliphatic hydroxyl groups excluding tert-OH is 1. The number of hydrogen-bond acceptors (Lipinski definition) is 5. The third kappa shape index (κ3) is 4.18. The number of carbonyl (C=O) groups excluding carboxylic acids is 1. The predicted octanol–water partition coefficient (Wildman–Crippen LogP) is 4.29. The number of hydrogen-bond donors (Lipinski definition) is 2. The Morgan fingerprint density at radius 3 is 2.65 bits per heavy atom. The van der Waals surface area contributed by atoms with Crippen LogP contribution in [0, 0.1) is 0 Å². The summed E-state index contributed by atoms with van der Waals surface area (Å²) in [7, 11) is 1.68. The lowest BCUT2D eigenvalue weighted by Crippen LogP contribution is -2.54. The maximum Gasteiger partial charge on any atom is 0.255 e. The van der Waals surface area contributed by atoms with Crippen LogP contribution in [0.25, 0.3) is 10.9 Å². The average molecular weight is 497 g/mol. The minimum absolute atomic E-state index is 0.0332. The number of nitrogens with one attached hydrogen (secondary N) is 1. The van der Waals surface area contributed by atoms with Crippen LogP contribution >= 0.6 is 0 Å². The molecule has 0 radical (unpaired) electrons. The van der Waals surface area contributed by atoms with Crippen LogP contribution in [0.4, 0.5) is 0 Å². The van der Waals surface area contributed by atoms with Crippen molar-refractivity contribution in [3.63, 3.8) is 0 Å². The molecule has 37 heavy (non-hydrogen) atoms. The van der Waals surface area contributed by atoms with Gasteiger partial charge in [-0.2, -0.15) is 0 Å². The summed E-state index contributed by atoms with van der Waals surface area (Å²) in [6.07, 6.45) is 5.05. The third-order valence-electron chi connectivity index (χ3n) is 8.16. The van der Waals surface area contributed by atoms with Crippen LogP contribution < -0.4 is 4.74 Å². The van der Waals surface area contributed by atoms with Gasteiger partial charge in [0.25, 0.3) is 5.91 Å². The van der Waals surface area contributed by atoms with E-state index >= 15 is 0 Å². The first-order valence-corrected chi connectivity index (χ1v) is 12.9. The summed E-state index contributed by atoms with van der Waals surface area (Å²) in [5.41, 5.74) is 5.13. The number of H-pyrrole nitrogens is 1. The molecule has 2 aliphatic rings. The number of aromatic amines is 1. The number of piperidine rings is 1. The minimum atomic E-state index is -0.131. The van der Waals surface area contributed by atoms with E-state index in [9.17, 15) is 9.90 Å². The number of carbonyl (C=O) groups is 1. The molecule has 190 valence electrons. The Hall–Kier alpha value is -3.68. The fourth-order valence-corrected chi connectivity index (χ4v) is 6.31. The van der Waals surface area contributed by atoms with Crippen molar-refractivity contribution in [2.45, 2.75) is 30.8 Å². The Kier molecular flexibility index (Phi) is 6.18. The van der Waals surface area contributed by atoms with Crippen LogP contribution in [0.1, 0.15) is 46.1 Å². The summed E-state index contributed by atoms with van der Waals surface area (Å²) in [5.74, 6) is 0.843. The molecule has 1 spiro atoms. The first-order valence-electron chi connectivity index (χ1n) is 12.9. The highest BCUT2D eigenvalue weighted by atomic mass is 16.5. The van der Waals surface area contributed by atoms with Crippen molar-refractivity contribution in [2.75, 3.05) is 33.4 Å². The van der Waals surface area contributed by atoms with E-state index in [1.807, 2.05) is 35.2 Å². The zero-order valence-electron chi connectivity index (χ0n) is 21.1. The number of fused-ring (bicyclic) bond motifs is 4. The standard InChI is InChI=1S/C30H32N4O3/c1-37-23-9-10-24-25(16-23)32-28-26(19-35)34(18-21-6-3-2-4-7-21)20-30(27(24)28)11-14-33(15-12-30)29(36)22-8-5-13-31-17-22/h2-10,13,16-17,26,32,35H,11-12,14-15,18-20H2,1H3/t26-/m1/s1. The zero-order valence-corrected chi connectivity index (χ0v) is 21.1. The molecule has 0 saturated carbocycles. The quantitative estimate of drug-likeness (QED) is 0.431. The lowest BCUT2D eigenvalue weighted by atomic mass is 9.68. The number of aromatic nitrogens is 2. The second-order valence-corrected chi connectivity index (χ2v) is 10.2. The maximum absolute atomic E-state index is 13.2. The van der Waals surface area contributed by atoms with Crippen LogP contribution in [0.2, 0.25) is 0 Å². The maximum atomic E-state index is 13.2. The van der Waals surface area contributed by atoms with Crippen LogP contribution in [0.15, 0.2) is 73.1 Å². The molecule has 0 unspecified atom stereocenters. The molecular weight excluding hydrogens is 464 g/mol. The van der Waals surface area contributed by atoms with Gasteiger partial charge in [0.15, 0.2) is 0 Å². The largest absolute Gasteiger partial charge is 0.497 e. The predicted molar refractivity (Wildman–Crippen MR) is 143 cm³/mol. The Balaban J connectivity index is 1.39. The number of nitrogens with zero attached hydrogens (tertiary/aromatic N) is 3. The highest BCUT2D eigenvalue weighted by Gasteiger charge is 2.47. The van der Waals surface area contributed by atoms with Gasteiger partial charge in [-0.15, -0.1) is 0 Å². The average Bonchev–Trinajstić information content (AvgIpc) is 3.34. The SMILES string of the molecule is COc1ccc2c3c([nH]c2c1)[C@@H](CO)N(Cc1ccccc1)CC31CCN(C(=O)c2cccnc2)CC1. The smallest absolute Gasteiger partial charge is 0.255 e. The van der Waals surface area contributed by atoms with Gasteiger partial charge in [-0.1, -0.05) is 30.3 Å². The third-order valence-corrected chi connectivity index (χ3v) is 8.16. The van der Waals surface area contributed by atoms with Crippen molar-refractivity contribution in [3.8, 4) is 5.75 Å². The van der Waals surface area contributed by atoms with Gasteiger partial charge < -0.3 is 19.7 Å². The van der Waals surface area contributed by atoms with Crippen LogP contribution in [0.5, 0.6) is 5.75 Å². The number of amides is 1. The number of ether oxygens (including phenoxy) is 1. The molecule has 0 bridgehead atoms. The van der Waals surface area contributed by atoms with Crippen molar-refractivity contribution in [2.24, 2.45) is 0 Å². The molecule has 4 aromatic rings. The Morgan fingerprint density at radius 2 is 1.95 bits per heavy atom.